The summed E-state index contributed by atoms with van der Waals surface area (Å²) in [5.41, 5.74) is 3.21. The Kier molecular flexibility index (Phi) is 2.92. The fraction of sp³-hybridized carbons (Fsp3) is 0.769. The number of methoxy groups -OCH3 is 1. The van der Waals surface area contributed by atoms with Crippen LogP contribution < -0.4 is 5.32 Å². The third-order valence-corrected chi connectivity index (χ3v) is 4.16. The number of fused-ring (bicyclic) bond motifs is 1. The lowest BCUT2D eigenvalue weighted by Crippen LogP contribution is -2.26. The Morgan fingerprint density at radius 2 is 2.41 bits per heavy atom. The fourth-order valence-corrected chi connectivity index (χ4v) is 2.78. The van der Waals surface area contributed by atoms with Gasteiger partial charge in [-0.1, -0.05) is 0 Å². The predicted octanol–water partition coefficient (Wildman–Crippen LogP) is 1.35. The molecule has 4 nitrogen and oxygen atoms in total. The maximum Gasteiger partial charge on any atom is 0.0952 e. The van der Waals surface area contributed by atoms with Crippen LogP contribution in [0.3, 0.4) is 0 Å². The van der Waals surface area contributed by atoms with E-state index in [1.165, 1.54) is 30.7 Å². The van der Waals surface area contributed by atoms with Crippen molar-refractivity contribution < 1.29 is 4.74 Å². The van der Waals surface area contributed by atoms with E-state index in [0.29, 0.717) is 5.41 Å². The Labute approximate surface area is 102 Å². The number of hydrogen-bond donors (Lipinski definition) is 1. The monoisotopic (exact) mass is 235 g/mol. The molecular formula is C13H21N3O. The van der Waals surface area contributed by atoms with Crippen molar-refractivity contribution in [2.24, 2.45) is 5.41 Å². The number of aromatic nitrogens is 2. The molecule has 0 atom stereocenters. The quantitative estimate of drug-likeness (QED) is 0.837. The first-order valence-electron chi connectivity index (χ1n) is 6.56. The second-order valence-electron chi connectivity index (χ2n) is 5.44. The molecule has 1 saturated carbocycles. The number of imidazole rings is 1. The molecule has 0 aromatic carbocycles. The fourth-order valence-electron chi connectivity index (χ4n) is 2.78. The van der Waals surface area contributed by atoms with Gasteiger partial charge in [-0.25, -0.2) is 4.98 Å². The van der Waals surface area contributed by atoms with Gasteiger partial charge in [0.2, 0.25) is 0 Å². The molecule has 0 bridgehead atoms. The summed E-state index contributed by atoms with van der Waals surface area (Å²) in [5, 5.41) is 3.37. The van der Waals surface area contributed by atoms with Gasteiger partial charge >= 0.3 is 0 Å². The van der Waals surface area contributed by atoms with E-state index >= 15 is 0 Å². The Balaban J connectivity index is 1.70. The maximum absolute atomic E-state index is 5.21. The zero-order valence-electron chi connectivity index (χ0n) is 10.5. The summed E-state index contributed by atoms with van der Waals surface area (Å²) in [7, 11) is 1.79. The molecular weight excluding hydrogens is 214 g/mol. The van der Waals surface area contributed by atoms with Gasteiger partial charge in [-0.05, 0) is 24.7 Å². The Bertz CT molecular complexity index is 395. The van der Waals surface area contributed by atoms with Crippen LogP contribution in [0.15, 0.2) is 6.33 Å². The van der Waals surface area contributed by atoms with Crippen LogP contribution in [0.25, 0.3) is 0 Å². The molecule has 0 radical (unpaired) electrons. The van der Waals surface area contributed by atoms with Crippen LogP contribution in [0.2, 0.25) is 0 Å². The molecule has 1 aromatic rings. The van der Waals surface area contributed by atoms with Crippen molar-refractivity contribution in [1.29, 1.82) is 0 Å². The molecule has 0 amide bonds. The highest BCUT2D eigenvalue weighted by molar-refractivity contribution is 5.17. The molecule has 3 rings (SSSR count). The minimum Gasteiger partial charge on any atom is -0.385 e. The summed E-state index contributed by atoms with van der Waals surface area (Å²) in [6, 6.07) is 0. The molecule has 2 heterocycles. The van der Waals surface area contributed by atoms with Crippen molar-refractivity contribution in [1.82, 2.24) is 14.9 Å². The topological polar surface area (TPSA) is 39.1 Å². The highest BCUT2D eigenvalue weighted by Gasteiger charge is 2.42. The van der Waals surface area contributed by atoms with Gasteiger partial charge in [0.15, 0.2) is 0 Å². The summed E-state index contributed by atoms with van der Waals surface area (Å²) in [5.74, 6) is 0. The van der Waals surface area contributed by atoms with E-state index in [9.17, 15) is 0 Å². The number of hydrogen-bond acceptors (Lipinski definition) is 3. The number of ether oxygens (including phenoxy) is 1. The lowest BCUT2D eigenvalue weighted by Gasteiger charge is -2.19. The van der Waals surface area contributed by atoms with Gasteiger partial charge in [-0.3, -0.25) is 0 Å². The maximum atomic E-state index is 5.21. The zero-order valence-corrected chi connectivity index (χ0v) is 10.5. The van der Waals surface area contributed by atoms with Gasteiger partial charge in [0, 0.05) is 45.5 Å². The van der Waals surface area contributed by atoms with Crippen molar-refractivity contribution in [3.8, 4) is 0 Å². The van der Waals surface area contributed by atoms with Gasteiger partial charge in [0.25, 0.3) is 0 Å². The van der Waals surface area contributed by atoms with E-state index in [4.69, 9.17) is 4.74 Å². The van der Waals surface area contributed by atoms with Crippen molar-refractivity contribution in [3.05, 3.63) is 17.7 Å². The van der Waals surface area contributed by atoms with Crippen molar-refractivity contribution in [3.63, 3.8) is 0 Å². The average molecular weight is 235 g/mol. The predicted molar refractivity (Wildman–Crippen MR) is 65.8 cm³/mol. The standard InChI is InChI=1S/C13H21N3O/c1-17-7-5-13(3-4-13)9-16-10-15-11-8-14-6-2-12(11)16/h10,14H,2-9H2,1H3. The molecule has 4 heteroatoms. The molecule has 1 N–H and O–H groups in total. The normalized spacial score (nSPS) is 21.2. The van der Waals surface area contributed by atoms with Crippen LogP contribution >= 0.6 is 0 Å². The summed E-state index contributed by atoms with van der Waals surface area (Å²) in [6.07, 6.45) is 7.04. The first-order chi connectivity index (χ1) is 8.33. The average Bonchev–Trinajstić information content (AvgIpc) is 3.01. The molecule has 2 aliphatic rings. The second-order valence-corrected chi connectivity index (χ2v) is 5.44. The zero-order chi connectivity index (χ0) is 11.7. The van der Waals surface area contributed by atoms with E-state index in [-0.39, 0.29) is 0 Å². The van der Waals surface area contributed by atoms with Crippen molar-refractivity contribution in [2.75, 3.05) is 20.3 Å². The molecule has 17 heavy (non-hydrogen) atoms. The van der Waals surface area contributed by atoms with E-state index in [1.807, 2.05) is 6.33 Å². The van der Waals surface area contributed by atoms with E-state index in [2.05, 4.69) is 14.9 Å². The summed E-state index contributed by atoms with van der Waals surface area (Å²) < 4.78 is 7.60. The molecule has 1 aliphatic carbocycles. The van der Waals surface area contributed by atoms with Crippen LogP contribution in [0.4, 0.5) is 0 Å². The first kappa shape index (κ1) is 11.2. The van der Waals surface area contributed by atoms with Crippen LogP contribution in [-0.2, 0) is 24.2 Å². The van der Waals surface area contributed by atoms with Crippen LogP contribution in [0.1, 0.15) is 30.7 Å². The van der Waals surface area contributed by atoms with Crippen LogP contribution in [0.5, 0.6) is 0 Å². The Morgan fingerprint density at radius 1 is 1.53 bits per heavy atom. The largest absolute Gasteiger partial charge is 0.385 e. The smallest absolute Gasteiger partial charge is 0.0952 e. The number of nitrogens with zero attached hydrogens (tertiary/aromatic N) is 2. The molecule has 1 fully saturated rings. The van der Waals surface area contributed by atoms with Crippen molar-refractivity contribution >= 4 is 0 Å². The SMILES string of the molecule is COCCC1(Cn2cnc3c2CCNC3)CC1. The number of nitrogens with one attached hydrogen (secondary N) is 1. The third kappa shape index (κ3) is 2.24. The van der Waals surface area contributed by atoms with E-state index < -0.39 is 0 Å². The van der Waals surface area contributed by atoms with Crippen molar-refractivity contribution in [2.45, 2.75) is 38.8 Å². The summed E-state index contributed by atoms with van der Waals surface area (Å²) in [6.45, 7) is 4.05. The highest BCUT2D eigenvalue weighted by Crippen LogP contribution is 2.50. The summed E-state index contributed by atoms with van der Waals surface area (Å²) in [4.78, 5) is 4.52. The lowest BCUT2D eigenvalue weighted by molar-refractivity contribution is 0.166. The lowest BCUT2D eigenvalue weighted by atomic mass is 10.0. The third-order valence-electron chi connectivity index (χ3n) is 4.16. The minimum absolute atomic E-state index is 0.509. The van der Waals surface area contributed by atoms with Crippen LogP contribution in [-0.4, -0.2) is 29.8 Å². The first-order valence-corrected chi connectivity index (χ1v) is 6.56. The van der Waals surface area contributed by atoms with Crippen LogP contribution in [0, 0.1) is 5.41 Å². The molecule has 94 valence electrons. The van der Waals surface area contributed by atoms with Gasteiger partial charge in [0.1, 0.15) is 0 Å². The Hall–Kier alpha value is -0.870. The highest BCUT2D eigenvalue weighted by atomic mass is 16.5. The molecule has 1 aliphatic heterocycles. The van der Waals surface area contributed by atoms with E-state index in [1.54, 1.807) is 7.11 Å². The summed E-state index contributed by atoms with van der Waals surface area (Å²) >= 11 is 0. The van der Waals surface area contributed by atoms with Gasteiger partial charge in [-0.2, -0.15) is 0 Å². The van der Waals surface area contributed by atoms with Gasteiger partial charge in [0.05, 0.1) is 12.0 Å². The minimum atomic E-state index is 0.509. The molecule has 1 aromatic heterocycles. The molecule has 0 spiro atoms. The second kappa shape index (κ2) is 4.42. The molecule has 0 saturated heterocycles. The van der Waals surface area contributed by atoms with E-state index in [0.717, 1.165) is 32.7 Å². The number of rotatable bonds is 5. The Morgan fingerprint density at radius 3 is 3.18 bits per heavy atom. The van der Waals surface area contributed by atoms with Gasteiger partial charge in [-0.15, -0.1) is 0 Å². The van der Waals surface area contributed by atoms with Gasteiger partial charge < -0.3 is 14.6 Å². The molecule has 0 unspecified atom stereocenters.